The Morgan fingerprint density at radius 3 is 2.44 bits per heavy atom. The summed E-state index contributed by atoms with van der Waals surface area (Å²) in [4.78, 5) is 0. The maximum absolute atomic E-state index is 3.41. The van der Waals surface area contributed by atoms with Gasteiger partial charge in [-0.1, -0.05) is 13.8 Å². The van der Waals surface area contributed by atoms with Crippen LogP contribution in [0.2, 0.25) is 0 Å². The molecule has 0 saturated carbocycles. The monoisotopic (exact) mass is 147 g/mol. The molecule has 0 aliphatic heterocycles. The van der Waals surface area contributed by atoms with E-state index in [4.69, 9.17) is 0 Å². The Morgan fingerprint density at radius 2 is 2.11 bits per heavy atom. The predicted octanol–water partition coefficient (Wildman–Crippen LogP) is 1.74. The normalized spacial score (nSPS) is 13.7. The third kappa shape index (κ3) is 4.79. The van der Waals surface area contributed by atoms with E-state index < -0.39 is 0 Å². The van der Waals surface area contributed by atoms with Crippen LogP contribution in [0.1, 0.15) is 20.3 Å². The predicted molar refractivity (Wildman–Crippen MR) is 46.1 cm³/mol. The summed E-state index contributed by atoms with van der Waals surface area (Å²) in [5.41, 5.74) is 0. The first kappa shape index (κ1) is 9.31. The van der Waals surface area contributed by atoms with E-state index in [1.807, 2.05) is 11.8 Å². The van der Waals surface area contributed by atoms with Gasteiger partial charge in [0, 0.05) is 11.8 Å². The van der Waals surface area contributed by atoms with E-state index in [0.29, 0.717) is 0 Å². The van der Waals surface area contributed by atoms with E-state index in [0.717, 1.165) is 12.6 Å². The fourth-order valence-electron chi connectivity index (χ4n) is 0.811. The van der Waals surface area contributed by atoms with Crippen molar-refractivity contribution in [3.05, 3.63) is 0 Å². The first-order chi connectivity index (χ1) is 4.35. The Balaban J connectivity index is 3.18. The van der Waals surface area contributed by atoms with Gasteiger partial charge in [-0.05, 0) is 19.2 Å². The molecule has 0 aromatic carbocycles. The number of thioether (sulfide) groups is 1. The number of rotatable bonds is 5. The van der Waals surface area contributed by atoms with Crippen molar-refractivity contribution in [2.24, 2.45) is 0 Å². The van der Waals surface area contributed by atoms with Gasteiger partial charge in [0.2, 0.25) is 0 Å². The fourth-order valence-corrected chi connectivity index (χ4v) is 1.57. The van der Waals surface area contributed by atoms with Crippen molar-refractivity contribution in [1.82, 2.24) is 5.32 Å². The molecule has 0 amide bonds. The lowest BCUT2D eigenvalue weighted by Crippen LogP contribution is -2.30. The van der Waals surface area contributed by atoms with Gasteiger partial charge >= 0.3 is 0 Å². The molecular weight excluding hydrogens is 130 g/mol. The van der Waals surface area contributed by atoms with E-state index in [-0.39, 0.29) is 0 Å². The van der Waals surface area contributed by atoms with Gasteiger partial charge in [0.1, 0.15) is 0 Å². The summed E-state index contributed by atoms with van der Waals surface area (Å²) in [6.45, 7) is 5.48. The molecule has 1 atom stereocenters. The first-order valence-electron chi connectivity index (χ1n) is 3.57. The minimum absolute atomic E-state index is 0.727. The lowest BCUT2D eigenvalue weighted by molar-refractivity contribution is 0.560. The van der Waals surface area contributed by atoms with Crippen LogP contribution in [-0.4, -0.2) is 24.6 Å². The Kier molecular flexibility index (Phi) is 6.65. The molecule has 0 bridgehead atoms. The maximum Gasteiger partial charge on any atom is 0.0155 e. The highest BCUT2D eigenvalue weighted by Crippen LogP contribution is 1.99. The van der Waals surface area contributed by atoms with E-state index >= 15 is 0 Å². The summed E-state index contributed by atoms with van der Waals surface area (Å²) in [7, 11) is 0. The van der Waals surface area contributed by atoms with Crippen molar-refractivity contribution in [2.45, 2.75) is 26.3 Å². The fraction of sp³-hybridized carbons (Fsp3) is 1.00. The smallest absolute Gasteiger partial charge is 0.0155 e. The van der Waals surface area contributed by atoms with Crippen molar-refractivity contribution in [3.8, 4) is 0 Å². The topological polar surface area (TPSA) is 12.0 Å². The lowest BCUT2D eigenvalue weighted by Gasteiger charge is -2.12. The third-order valence-electron chi connectivity index (χ3n) is 1.35. The molecule has 1 unspecified atom stereocenters. The highest BCUT2D eigenvalue weighted by atomic mass is 32.2. The zero-order valence-electron chi connectivity index (χ0n) is 6.61. The molecule has 0 aliphatic rings. The van der Waals surface area contributed by atoms with Gasteiger partial charge in [-0.25, -0.2) is 0 Å². The van der Waals surface area contributed by atoms with E-state index in [1.165, 1.54) is 12.2 Å². The second-order valence-electron chi connectivity index (χ2n) is 2.12. The Labute approximate surface area is 62.6 Å². The highest BCUT2D eigenvalue weighted by molar-refractivity contribution is 7.98. The highest BCUT2D eigenvalue weighted by Gasteiger charge is 2.00. The van der Waals surface area contributed by atoms with E-state index in [2.05, 4.69) is 25.4 Å². The Morgan fingerprint density at radius 1 is 1.44 bits per heavy atom. The van der Waals surface area contributed by atoms with Crippen LogP contribution in [0.5, 0.6) is 0 Å². The van der Waals surface area contributed by atoms with Crippen LogP contribution in [-0.2, 0) is 0 Å². The molecule has 0 radical (unpaired) electrons. The van der Waals surface area contributed by atoms with Crippen molar-refractivity contribution < 1.29 is 0 Å². The van der Waals surface area contributed by atoms with Gasteiger partial charge in [0.05, 0.1) is 0 Å². The average molecular weight is 147 g/mol. The number of hydrogen-bond acceptors (Lipinski definition) is 2. The van der Waals surface area contributed by atoms with E-state index in [9.17, 15) is 0 Å². The largest absolute Gasteiger partial charge is 0.313 e. The molecule has 0 heterocycles. The molecule has 0 saturated heterocycles. The molecule has 0 spiro atoms. The molecule has 0 fully saturated rings. The van der Waals surface area contributed by atoms with Crippen LogP contribution in [0, 0.1) is 0 Å². The molecule has 1 nitrogen and oxygen atoms in total. The molecule has 0 aliphatic carbocycles. The van der Waals surface area contributed by atoms with Crippen LogP contribution in [0.4, 0.5) is 0 Å². The van der Waals surface area contributed by atoms with Gasteiger partial charge in [-0.15, -0.1) is 0 Å². The number of hydrogen-bond donors (Lipinski definition) is 1. The number of nitrogens with one attached hydrogen (secondary N) is 1. The Hall–Kier alpha value is 0.310. The minimum Gasteiger partial charge on any atom is -0.313 e. The van der Waals surface area contributed by atoms with Crippen molar-refractivity contribution >= 4 is 11.8 Å². The minimum atomic E-state index is 0.727. The zero-order valence-corrected chi connectivity index (χ0v) is 7.42. The summed E-state index contributed by atoms with van der Waals surface area (Å²) >= 11 is 1.91. The van der Waals surface area contributed by atoms with Gasteiger partial charge in [-0.3, -0.25) is 0 Å². The second-order valence-corrected chi connectivity index (χ2v) is 3.03. The molecule has 2 heteroatoms. The van der Waals surface area contributed by atoms with Gasteiger partial charge in [0.15, 0.2) is 0 Å². The van der Waals surface area contributed by atoms with Crippen molar-refractivity contribution in [3.63, 3.8) is 0 Å². The standard InChI is InChI=1S/C7H17NS/c1-4-7(6-9-3)8-5-2/h7-8H,4-6H2,1-3H3. The molecular formula is C7H17NS. The van der Waals surface area contributed by atoms with Crippen molar-refractivity contribution in [1.29, 1.82) is 0 Å². The van der Waals surface area contributed by atoms with Gasteiger partial charge < -0.3 is 5.32 Å². The lowest BCUT2D eigenvalue weighted by atomic mass is 10.2. The summed E-state index contributed by atoms with van der Waals surface area (Å²) in [5, 5.41) is 3.41. The molecule has 1 N–H and O–H groups in total. The molecule has 0 aromatic rings. The molecule has 0 rings (SSSR count). The summed E-state index contributed by atoms with van der Waals surface area (Å²) in [6, 6.07) is 0.727. The first-order valence-corrected chi connectivity index (χ1v) is 4.96. The second kappa shape index (κ2) is 6.43. The quantitative estimate of drug-likeness (QED) is 0.635. The van der Waals surface area contributed by atoms with E-state index in [1.54, 1.807) is 0 Å². The molecule has 56 valence electrons. The molecule has 0 aromatic heterocycles. The van der Waals surface area contributed by atoms with Crippen LogP contribution in [0.25, 0.3) is 0 Å². The van der Waals surface area contributed by atoms with Crippen LogP contribution in [0.15, 0.2) is 0 Å². The summed E-state index contributed by atoms with van der Waals surface area (Å²) < 4.78 is 0. The van der Waals surface area contributed by atoms with Crippen LogP contribution >= 0.6 is 11.8 Å². The molecule has 9 heavy (non-hydrogen) atoms. The summed E-state index contributed by atoms with van der Waals surface area (Å²) in [6.07, 6.45) is 3.40. The maximum atomic E-state index is 3.41. The Bertz CT molecular complexity index is 50.9. The van der Waals surface area contributed by atoms with Crippen molar-refractivity contribution in [2.75, 3.05) is 18.6 Å². The van der Waals surface area contributed by atoms with Gasteiger partial charge in [0.25, 0.3) is 0 Å². The van der Waals surface area contributed by atoms with Crippen LogP contribution in [0.3, 0.4) is 0 Å². The average Bonchev–Trinajstić information content (AvgIpc) is 1.88. The third-order valence-corrected chi connectivity index (χ3v) is 2.09. The SMILES string of the molecule is CCNC(CC)CSC. The van der Waals surface area contributed by atoms with Gasteiger partial charge in [-0.2, -0.15) is 11.8 Å². The summed E-state index contributed by atoms with van der Waals surface area (Å²) in [5.74, 6) is 1.24. The zero-order chi connectivity index (χ0) is 7.11. The van der Waals surface area contributed by atoms with Crippen LogP contribution < -0.4 is 5.32 Å².